The largest absolute Gasteiger partial charge is 0.322 e. The summed E-state index contributed by atoms with van der Waals surface area (Å²) in [4.78, 5) is 14.4. The Morgan fingerprint density at radius 3 is 2.81 bits per heavy atom. The van der Waals surface area contributed by atoms with Gasteiger partial charge in [0.15, 0.2) is 0 Å². The van der Waals surface area contributed by atoms with Crippen molar-refractivity contribution < 1.29 is 4.79 Å². The normalized spacial score (nSPS) is 19.0. The first kappa shape index (κ1) is 16.0. The maximum absolute atomic E-state index is 12.2. The van der Waals surface area contributed by atoms with Crippen molar-refractivity contribution in [3.8, 4) is 0 Å². The number of carbonyl (C=O) groups excluding carboxylic acids is 1. The fourth-order valence-electron chi connectivity index (χ4n) is 2.81. The Labute approximate surface area is 126 Å². The Bertz CT molecular complexity index is 445. The Kier molecular flexibility index (Phi) is 5.76. The lowest BCUT2D eigenvalue weighted by atomic mass is 10.0. The van der Waals surface area contributed by atoms with Gasteiger partial charge in [0, 0.05) is 12.6 Å². The molecule has 1 amide bonds. The molecule has 0 spiro atoms. The Hall–Kier alpha value is -1.40. The highest BCUT2D eigenvalue weighted by molar-refractivity contribution is 5.93. The Morgan fingerprint density at radius 1 is 1.43 bits per heavy atom. The van der Waals surface area contributed by atoms with E-state index in [0.29, 0.717) is 12.6 Å². The molecule has 6 heteroatoms. The number of hydrogen-bond acceptors (Lipinski definition) is 4. The van der Waals surface area contributed by atoms with Crippen LogP contribution < -0.4 is 10.6 Å². The second-order valence-corrected chi connectivity index (χ2v) is 5.83. The number of aryl methyl sites for hydroxylation is 2. The SMILES string of the molecule is CCN(CC(=O)Nc1c(C)n[nH]c1C)CC1CCCCN1. The number of H-pyrrole nitrogens is 1. The smallest absolute Gasteiger partial charge is 0.238 e. The lowest BCUT2D eigenvalue weighted by Crippen LogP contribution is -2.45. The third-order valence-corrected chi connectivity index (χ3v) is 4.10. The highest BCUT2D eigenvalue weighted by Gasteiger charge is 2.18. The number of amides is 1. The predicted molar refractivity (Wildman–Crippen MR) is 84.4 cm³/mol. The number of rotatable bonds is 6. The summed E-state index contributed by atoms with van der Waals surface area (Å²) in [7, 11) is 0. The summed E-state index contributed by atoms with van der Waals surface area (Å²) in [6.07, 6.45) is 3.76. The van der Waals surface area contributed by atoms with E-state index in [2.05, 4.69) is 32.7 Å². The van der Waals surface area contributed by atoms with E-state index in [-0.39, 0.29) is 5.91 Å². The molecule has 0 bridgehead atoms. The molecule has 6 nitrogen and oxygen atoms in total. The van der Waals surface area contributed by atoms with E-state index >= 15 is 0 Å². The number of aromatic nitrogens is 2. The summed E-state index contributed by atoms with van der Waals surface area (Å²) in [6, 6.07) is 0.517. The van der Waals surface area contributed by atoms with Gasteiger partial charge in [0.05, 0.1) is 23.6 Å². The topological polar surface area (TPSA) is 73.0 Å². The van der Waals surface area contributed by atoms with Crippen molar-refractivity contribution in [3.05, 3.63) is 11.4 Å². The van der Waals surface area contributed by atoms with Crippen LogP contribution in [-0.4, -0.2) is 53.2 Å². The van der Waals surface area contributed by atoms with Gasteiger partial charge in [-0.15, -0.1) is 0 Å². The highest BCUT2D eigenvalue weighted by Crippen LogP contribution is 2.16. The number of carbonyl (C=O) groups is 1. The van der Waals surface area contributed by atoms with E-state index in [9.17, 15) is 4.79 Å². The van der Waals surface area contributed by atoms with E-state index in [0.717, 1.165) is 36.7 Å². The van der Waals surface area contributed by atoms with Crippen molar-refractivity contribution in [1.82, 2.24) is 20.4 Å². The molecule has 1 aromatic rings. The molecule has 2 rings (SSSR count). The number of nitrogens with one attached hydrogen (secondary N) is 3. The zero-order chi connectivity index (χ0) is 15.2. The molecular weight excluding hydrogens is 266 g/mol. The zero-order valence-electron chi connectivity index (χ0n) is 13.3. The fraction of sp³-hybridized carbons (Fsp3) is 0.733. The summed E-state index contributed by atoms with van der Waals surface area (Å²) >= 11 is 0. The average Bonchev–Trinajstić information content (AvgIpc) is 2.79. The third kappa shape index (κ3) is 4.54. The second kappa shape index (κ2) is 7.56. The minimum Gasteiger partial charge on any atom is -0.322 e. The van der Waals surface area contributed by atoms with Crippen LogP contribution in [0.25, 0.3) is 0 Å². The van der Waals surface area contributed by atoms with E-state index in [1.807, 2.05) is 13.8 Å². The molecule has 1 aliphatic rings. The fourth-order valence-corrected chi connectivity index (χ4v) is 2.81. The van der Waals surface area contributed by atoms with E-state index in [1.165, 1.54) is 19.3 Å². The van der Waals surface area contributed by atoms with Gasteiger partial charge in [-0.25, -0.2) is 0 Å². The van der Waals surface area contributed by atoms with Gasteiger partial charge in [-0.3, -0.25) is 14.8 Å². The van der Waals surface area contributed by atoms with Crippen LogP contribution in [0.15, 0.2) is 0 Å². The van der Waals surface area contributed by atoms with Crippen LogP contribution in [0.5, 0.6) is 0 Å². The summed E-state index contributed by atoms with van der Waals surface area (Å²) < 4.78 is 0. The summed E-state index contributed by atoms with van der Waals surface area (Å²) in [5, 5.41) is 13.5. The minimum absolute atomic E-state index is 0.0280. The van der Waals surface area contributed by atoms with Gasteiger partial charge in [-0.1, -0.05) is 13.3 Å². The van der Waals surface area contributed by atoms with E-state index in [4.69, 9.17) is 0 Å². The molecule has 0 aromatic carbocycles. The number of anilines is 1. The number of nitrogens with zero attached hydrogens (tertiary/aromatic N) is 2. The quantitative estimate of drug-likeness (QED) is 0.742. The molecule has 0 radical (unpaired) electrons. The molecule has 1 saturated heterocycles. The van der Waals surface area contributed by atoms with Crippen LogP contribution in [0.3, 0.4) is 0 Å². The van der Waals surface area contributed by atoms with E-state index < -0.39 is 0 Å². The summed E-state index contributed by atoms with van der Waals surface area (Å²) in [5.41, 5.74) is 2.54. The number of aromatic amines is 1. The molecular formula is C15H27N5O. The molecule has 3 N–H and O–H groups in total. The Balaban J connectivity index is 1.84. The lowest BCUT2D eigenvalue weighted by Gasteiger charge is -2.29. The molecule has 1 aromatic heterocycles. The van der Waals surface area contributed by atoms with Gasteiger partial charge in [0.1, 0.15) is 0 Å². The monoisotopic (exact) mass is 293 g/mol. The summed E-state index contributed by atoms with van der Waals surface area (Å²) in [5.74, 6) is 0.0280. The van der Waals surface area contributed by atoms with Crippen LogP contribution >= 0.6 is 0 Å². The van der Waals surface area contributed by atoms with Crippen molar-refractivity contribution in [2.75, 3.05) is 31.5 Å². The number of piperidine rings is 1. The van der Waals surface area contributed by atoms with Crippen molar-refractivity contribution in [1.29, 1.82) is 0 Å². The van der Waals surface area contributed by atoms with Gasteiger partial charge in [0.2, 0.25) is 5.91 Å². The van der Waals surface area contributed by atoms with Gasteiger partial charge in [0.25, 0.3) is 0 Å². The van der Waals surface area contributed by atoms with Crippen LogP contribution in [0.2, 0.25) is 0 Å². The molecule has 0 aliphatic carbocycles. The van der Waals surface area contributed by atoms with Crippen LogP contribution in [0, 0.1) is 13.8 Å². The Morgan fingerprint density at radius 2 is 2.24 bits per heavy atom. The van der Waals surface area contributed by atoms with Crippen molar-refractivity contribution in [2.45, 2.75) is 46.1 Å². The van der Waals surface area contributed by atoms with Crippen LogP contribution in [0.4, 0.5) is 5.69 Å². The van der Waals surface area contributed by atoms with Gasteiger partial charge >= 0.3 is 0 Å². The first-order valence-electron chi connectivity index (χ1n) is 7.87. The van der Waals surface area contributed by atoms with Crippen molar-refractivity contribution in [2.24, 2.45) is 0 Å². The number of likely N-dealkylation sites (N-methyl/N-ethyl adjacent to an activating group) is 1. The molecule has 1 unspecified atom stereocenters. The van der Waals surface area contributed by atoms with Gasteiger partial charge in [-0.2, -0.15) is 5.10 Å². The average molecular weight is 293 g/mol. The first-order valence-corrected chi connectivity index (χ1v) is 7.87. The highest BCUT2D eigenvalue weighted by atomic mass is 16.2. The molecule has 118 valence electrons. The first-order chi connectivity index (χ1) is 10.1. The standard InChI is InChI=1S/C15H27N5O/c1-4-20(9-13-7-5-6-8-16-13)10-14(21)17-15-11(2)18-19-12(15)3/h13,16H,4-10H2,1-3H3,(H,17,21)(H,18,19). The summed E-state index contributed by atoms with van der Waals surface area (Å²) in [6.45, 7) is 9.26. The molecule has 1 atom stereocenters. The molecule has 1 aliphatic heterocycles. The van der Waals surface area contributed by atoms with Crippen LogP contribution in [0.1, 0.15) is 37.6 Å². The molecule has 1 fully saturated rings. The zero-order valence-corrected chi connectivity index (χ0v) is 13.3. The van der Waals surface area contributed by atoms with Crippen molar-refractivity contribution >= 4 is 11.6 Å². The molecule has 21 heavy (non-hydrogen) atoms. The van der Waals surface area contributed by atoms with Gasteiger partial charge in [-0.05, 0) is 39.8 Å². The third-order valence-electron chi connectivity index (χ3n) is 4.10. The second-order valence-electron chi connectivity index (χ2n) is 5.83. The molecule has 2 heterocycles. The van der Waals surface area contributed by atoms with E-state index in [1.54, 1.807) is 0 Å². The lowest BCUT2D eigenvalue weighted by molar-refractivity contribution is -0.117. The number of hydrogen-bond donors (Lipinski definition) is 3. The maximum atomic E-state index is 12.2. The minimum atomic E-state index is 0.0280. The molecule has 0 saturated carbocycles. The predicted octanol–water partition coefficient (Wildman–Crippen LogP) is 1.43. The van der Waals surface area contributed by atoms with Gasteiger partial charge < -0.3 is 10.6 Å². The van der Waals surface area contributed by atoms with Crippen molar-refractivity contribution in [3.63, 3.8) is 0 Å². The van der Waals surface area contributed by atoms with Crippen LogP contribution in [-0.2, 0) is 4.79 Å². The maximum Gasteiger partial charge on any atom is 0.238 e.